The van der Waals surface area contributed by atoms with Crippen LogP contribution in [0.25, 0.3) is 0 Å². The van der Waals surface area contributed by atoms with Gasteiger partial charge in [-0.15, -0.1) is 0 Å². The lowest BCUT2D eigenvalue weighted by molar-refractivity contribution is 0.565. The first-order valence-corrected chi connectivity index (χ1v) is 5.16. The van der Waals surface area contributed by atoms with Crippen LogP contribution in [-0.2, 0) is 10.0 Å². The fourth-order valence-electron chi connectivity index (χ4n) is 0.820. The maximum atomic E-state index is 11.3. The standard InChI is InChI=1S/C6H12BNO2S/c1-5(2)8-11(9,10)6(7)3-4-6/h5,8H,3-4H2,1-2H3. The second-order valence-corrected chi connectivity index (χ2v) is 5.40. The van der Waals surface area contributed by atoms with Gasteiger partial charge < -0.3 is 0 Å². The van der Waals surface area contributed by atoms with Gasteiger partial charge in [0.25, 0.3) is 0 Å². The molecule has 1 aliphatic rings. The topological polar surface area (TPSA) is 46.2 Å². The fraction of sp³-hybridized carbons (Fsp3) is 1.00. The van der Waals surface area contributed by atoms with Crippen LogP contribution in [0.1, 0.15) is 26.7 Å². The van der Waals surface area contributed by atoms with Crippen LogP contribution in [0, 0.1) is 0 Å². The Kier molecular flexibility index (Phi) is 2.05. The molecule has 0 spiro atoms. The van der Waals surface area contributed by atoms with E-state index in [-0.39, 0.29) is 6.04 Å². The van der Waals surface area contributed by atoms with Crippen LogP contribution < -0.4 is 4.72 Å². The van der Waals surface area contributed by atoms with Crippen LogP contribution in [0.15, 0.2) is 0 Å². The molecule has 0 heterocycles. The van der Waals surface area contributed by atoms with Crippen LogP contribution in [0.4, 0.5) is 0 Å². The summed E-state index contributed by atoms with van der Waals surface area (Å²) in [6.07, 6.45) is 1.16. The molecular weight excluding hydrogens is 161 g/mol. The minimum Gasteiger partial charge on any atom is -0.213 e. The highest BCUT2D eigenvalue weighted by Crippen LogP contribution is 2.39. The summed E-state index contributed by atoms with van der Waals surface area (Å²) in [6, 6.07) is -0.0685. The van der Waals surface area contributed by atoms with Crippen molar-refractivity contribution >= 4 is 17.9 Å². The first kappa shape index (κ1) is 9.07. The average molecular weight is 173 g/mol. The monoisotopic (exact) mass is 173 g/mol. The van der Waals surface area contributed by atoms with E-state index in [1.165, 1.54) is 0 Å². The van der Waals surface area contributed by atoms with Crippen molar-refractivity contribution in [1.82, 2.24) is 4.72 Å². The third-order valence-electron chi connectivity index (χ3n) is 1.67. The molecule has 1 N–H and O–H groups in total. The minimum absolute atomic E-state index is 0.0685. The molecule has 0 aromatic heterocycles. The second kappa shape index (κ2) is 2.49. The number of hydrogen-bond donors (Lipinski definition) is 1. The zero-order chi connectivity index (χ0) is 8.70. The summed E-state index contributed by atoms with van der Waals surface area (Å²) in [6.45, 7) is 3.56. The zero-order valence-corrected chi connectivity index (χ0v) is 7.61. The Morgan fingerprint density at radius 2 is 1.91 bits per heavy atom. The maximum Gasteiger partial charge on any atom is 0.209 e. The predicted octanol–water partition coefficient (Wildman–Crippen LogP) is -0.0272. The molecule has 0 unspecified atom stereocenters. The molecule has 1 saturated carbocycles. The number of rotatable bonds is 3. The van der Waals surface area contributed by atoms with Gasteiger partial charge in [-0.25, -0.2) is 13.1 Å². The van der Waals surface area contributed by atoms with Gasteiger partial charge in [0.05, 0.1) is 7.85 Å². The summed E-state index contributed by atoms with van der Waals surface area (Å²) in [5.41, 5.74) is 0. The molecule has 0 aromatic carbocycles. The molecule has 0 aliphatic heterocycles. The van der Waals surface area contributed by atoms with Gasteiger partial charge in [-0.1, -0.05) is 0 Å². The summed E-state index contributed by atoms with van der Waals surface area (Å²) in [5.74, 6) is 0. The summed E-state index contributed by atoms with van der Waals surface area (Å²) in [7, 11) is 2.26. The van der Waals surface area contributed by atoms with Crippen molar-refractivity contribution in [2.75, 3.05) is 0 Å². The fourth-order valence-corrected chi connectivity index (χ4v) is 2.31. The Balaban J connectivity index is 2.68. The average Bonchev–Trinajstić information content (AvgIpc) is 2.44. The lowest BCUT2D eigenvalue weighted by atomic mass is 10.0. The van der Waals surface area contributed by atoms with Gasteiger partial charge in [0, 0.05) is 10.7 Å². The van der Waals surface area contributed by atoms with Gasteiger partial charge in [-0.2, -0.15) is 0 Å². The Hall–Kier alpha value is -0.0251. The van der Waals surface area contributed by atoms with Gasteiger partial charge in [0.15, 0.2) is 0 Å². The van der Waals surface area contributed by atoms with E-state index in [9.17, 15) is 8.42 Å². The highest BCUT2D eigenvalue weighted by Gasteiger charge is 2.49. The molecule has 1 aliphatic carbocycles. The highest BCUT2D eigenvalue weighted by atomic mass is 32.2. The molecule has 2 radical (unpaired) electrons. The lowest BCUT2D eigenvalue weighted by Crippen LogP contribution is -2.40. The normalized spacial score (nSPS) is 22.1. The predicted molar refractivity (Wildman–Crippen MR) is 44.9 cm³/mol. The highest BCUT2D eigenvalue weighted by molar-refractivity contribution is 7.92. The van der Waals surface area contributed by atoms with E-state index < -0.39 is 14.7 Å². The van der Waals surface area contributed by atoms with Gasteiger partial charge >= 0.3 is 0 Å². The van der Waals surface area contributed by atoms with E-state index in [0.717, 1.165) is 0 Å². The van der Waals surface area contributed by atoms with E-state index in [1.54, 1.807) is 13.8 Å². The van der Waals surface area contributed by atoms with E-state index in [1.807, 2.05) is 0 Å². The van der Waals surface area contributed by atoms with Gasteiger partial charge in [0.2, 0.25) is 10.0 Å². The summed E-state index contributed by atoms with van der Waals surface area (Å²) >= 11 is 0. The van der Waals surface area contributed by atoms with Crippen molar-refractivity contribution in [1.29, 1.82) is 0 Å². The Bertz CT molecular complexity index is 243. The van der Waals surface area contributed by atoms with E-state index in [4.69, 9.17) is 7.85 Å². The van der Waals surface area contributed by atoms with Crippen molar-refractivity contribution in [3.8, 4) is 0 Å². The van der Waals surface area contributed by atoms with Crippen LogP contribution in [0.2, 0.25) is 0 Å². The Morgan fingerprint density at radius 3 is 2.18 bits per heavy atom. The van der Waals surface area contributed by atoms with Crippen molar-refractivity contribution in [2.45, 2.75) is 37.4 Å². The smallest absolute Gasteiger partial charge is 0.209 e. The van der Waals surface area contributed by atoms with E-state index in [2.05, 4.69) is 4.72 Å². The lowest BCUT2D eigenvalue weighted by Gasteiger charge is -2.14. The molecule has 62 valence electrons. The van der Waals surface area contributed by atoms with E-state index >= 15 is 0 Å². The molecule has 0 amide bonds. The zero-order valence-electron chi connectivity index (χ0n) is 6.79. The second-order valence-electron chi connectivity index (χ2n) is 3.34. The quantitative estimate of drug-likeness (QED) is 0.609. The number of hydrogen-bond acceptors (Lipinski definition) is 2. The largest absolute Gasteiger partial charge is 0.213 e. The molecule has 5 heteroatoms. The molecule has 0 atom stereocenters. The van der Waals surface area contributed by atoms with Crippen molar-refractivity contribution in [2.24, 2.45) is 0 Å². The van der Waals surface area contributed by atoms with Crippen molar-refractivity contribution in [3.63, 3.8) is 0 Å². The molecule has 0 aromatic rings. The summed E-state index contributed by atoms with van der Waals surface area (Å²) < 4.78 is 24.1. The maximum absolute atomic E-state index is 11.3. The molecule has 1 fully saturated rings. The van der Waals surface area contributed by atoms with Crippen LogP contribution in [-0.4, -0.2) is 27.0 Å². The van der Waals surface area contributed by atoms with Crippen LogP contribution in [0.5, 0.6) is 0 Å². The molecule has 0 saturated heterocycles. The Labute approximate surface area is 69.0 Å². The van der Waals surface area contributed by atoms with Crippen LogP contribution in [0.3, 0.4) is 0 Å². The third kappa shape index (κ3) is 1.76. The number of sulfonamides is 1. The summed E-state index contributed by atoms with van der Waals surface area (Å²) in [5, 5.41) is 0. The first-order chi connectivity index (χ1) is 4.87. The summed E-state index contributed by atoms with van der Waals surface area (Å²) in [4.78, 5) is 0. The van der Waals surface area contributed by atoms with Gasteiger partial charge in [-0.3, -0.25) is 0 Å². The Morgan fingerprint density at radius 1 is 1.45 bits per heavy atom. The van der Waals surface area contributed by atoms with Crippen LogP contribution >= 0.6 is 0 Å². The minimum atomic E-state index is -3.26. The first-order valence-electron chi connectivity index (χ1n) is 3.68. The van der Waals surface area contributed by atoms with Gasteiger partial charge in [-0.05, 0) is 26.7 Å². The molecule has 3 nitrogen and oxygen atoms in total. The third-order valence-corrected chi connectivity index (χ3v) is 3.93. The SMILES string of the molecule is [B]C1(S(=O)(=O)NC(C)C)CC1. The van der Waals surface area contributed by atoms with Crippen molar-refractivity contribution < 1.29 is 8.42 Å². The van der Waals surface area contributed by atoms with Crippen molar-refractivity contribution in [3.05, 3.63) is 0 Å². The molecule has 1 rings (SSSR count). The molecule has 11 heavy (non-hydrogen) atoms. The number of nitrogens with one attached hydrogen (secondary N) is 1. The van der Waals surface area contributed by atoms with Gasteiger partial charge in [0.1, 0.15) is 0 Å². The molecular formula is C6H12BNO2S. The van der Waals surface area contributed by atoms with E-state index in [0.29, 0.717) is 12.8 Å². The molecule has 0 bridgehead atoms.